The molecule has 0 spiro atoms. The molecule has 0 radical (unpaired) electrons. The Morgan fingerprint density at radius 2 is 2.10 bits per heavy atom. The highest BCUT2D eigenvalue weighted by Crippen LogP contribution is 2.23. The minimum Gasteiger partial charge on any atom is -0.426 e. The van der Waals surface area contributed by atoms with Crippen LogP contribution in [0, 0.1) is 11.8 Å². The number of hydrogen-bond donors (Lipinski definition) is 0. The number of hydrogen-bond acceptors (Lipinski definition) is 4. The molecule has 0 aliphatic heterocycles. The van der Waals surface area contributed by atoms with E-state index in [2.05, 4.69) is 11.8 Å². The van der Waals surface area contributed by atoms with Gasteiger partial charge in [0.15, 0.2) is 0 Å². The van der Waals surface area contributed by atoms with Crippen molar-refractivity contribution >= 4 is 34.7 Å². The van der Waals surface area contributed by atoms with Gasteiger partial charge in [0, 0.05) is 11.9 Å². The summed E-state index contributed by atoms with van der Waals surface area (Å²) in [5.41, 5.74) is 0.178. The molecule has 0 aliphatic rings. The topological polar surface area (TPSA) is 43.4 Å². The molecule has 1 aromatic carbocycles. The maximum atomic E-state index is 12.1. The van der Waals surface area contributed by atoms with Gasteiger partial charge in [0.1, 0.15) is 5.75 Å². The number of benzene rings is 1. The predicted octanol–water partition coefficient (Wildman–Crippen LogP) is 3.56. The van der Waals surface area contributed by atoms with Gasteiger partial charge in [-0.15, -0.1) is 11.3 Å². The summed E-state index contributed by atoms with van der Waals surface area (Å²) in [5, 5.41) is 2.25. The fourth-order valence-corrected chi connectivity index (χ4v) is 2.20. The number of rotatable bonds is 2. The molecule has 0 atom stereocenters. The van der Waals surface area contributed by atoms with E-state index in [4.69, 9.17) is 16.3 Å². The molecule has 0 amide bonds. The van der Waals surface area contributed by atoms with E-state index < -0.39 is 11.8 Å². The summed E-state index contributed by atoms with van der Waals surface area (Å²) in [4.78, 5) is 23.9. The minimum absolute atomic E-state index is 0.160. The number of thiophene rings is 1. The molecule has 3 nitrogen and oxygen atoms in total. The third-order valence-corrected chi connectivity index (χ3v) is 3.28. The van der Waals surface area contributed by atoms with Crippen LogP contribution >= 0.6 is 22.9 Å². The maximum absolute atomic E-state index is 12.1. The van der Waals surface area contributed by atoms with Gasteiger partial charge in [0.25, 0.3) is 0 Å². The van der Waals surface area contributed by atoms with Crippen LogP contribution in [0.2, 0.25) is 5.02 Å². The lowest BCUT2D eigenvalue weighted by atomic mass is 10.1. The normalized spacial score (nSPS) is 9.50. The Labute approximate surface area is 125 Å². The van der Waals surface area contributed by atoms with E-state index in [1.54, 1.807) is 6.07 Å². The van der Waals surface area contributed by atoms with Gasteiger partial charge in [-0.1, -0.05) is 17.7 Å². The molecule has 2 aromatic rings. The molecule has 1 aromatic heterocycles. The fraction of sp³-hybridized carbons (Fsp3) is 0.0667. The summed E-state index contributed by atoms with van der Waals surface area (Å²) in [6.07, 6.45) is 0. The minimum atomic E-state index is -0.507. The molecule has 0 bridgehead atoms. The van der Waals surface area contributed by atoms with Crippen LogP contribution in [-0.4, -0.2) is 11.8 Å². The molecule has 0 saturated carbocycles. The number of Topliss-reactive ketones (excluding diaryl/α,β-unsaturated/α-hetero) is 1. The van der Waals surface area contributed by atoms with Crippen LogP contribution in [0.15, 0.2) is 35.7 Å². The largest absolute Gasteiger partial charge is 0.426 e. The molecular weight excluding hydrogens is 296 g/mol. The van der Waals surface area contributed by atoms with E-state index in [1.807, 2.05) is 17.5 Å². The summed E-state index contributed by atoms with van der Waals surface area (Å²) in [5.74, 6) is 4.48. The summed E-state index contributed by atoms with van der Waals surface area (Å²) in [7, 11) is 0. The Morgan fingerprint density at radius 1 is 1.30 bits per heavy atom. The average Bonchev–Trinajstić information content (AvgIpc) is 2.90. The van der Waals surface area contributed by atoms with Gasteiger partial charge in [-0.2, -0.15) is 0 Å². The van der Waals surface area contributed by atoms with Crippen LogP contribution in [0.1, 0.15) is 22.2 Å². The second-order valence-electron chi connectivity index (χ2n) is 3.79. The van der Waals surface area contributed by atoms with Gasteiger partial charge in [0.05, 0.1) is 10.4 Å². The second kappa shape index (κ2) is 6.38. The lowest BCUT2D eigenvalue weighted by molar-refractivity contribution is -0.131. The molecule has 0 saturated heterocycles. The van der Waals surface area contributed by atoms with Crippen molar-refractivity contribution in [2.75, 3.05) is 0 Å². The number of halogens is 1. The molecule has 0 N–H and O–H groups in total. The molecular formula is C15H9ClO3S. The highest BCUT2D eigenvalue weighted by Gasteiger charge is 2.13. The first-order chi connectivity index (χ1) is 9.56. The third-order valence-electron chi connectivity index (χ3n) is 2.26. The average molecular weight is 305 g/mol. The molecule has 20 heavy (non-hydrogen) atoms. The van der Waals surface area contributed by atoms with E-state index in [-0.39, 0.29) is 11.3 Å². The van der Waals surface area contributed by atoms with Crippen molar-refractivity contribution in [3.63, 3.8) is 0 Å². The standard InChI is InChI=1S/C15H9ClO3S/c1-10(17)19-15-7-4-11(16)9-13(15)14(18)6-5-12-3-2-8-20-12/h2-4,7-9H,1H3. The maximum Gasteiger partial charge on any atom is 0.308 e. The van der Waals surface area contributed by atoms with Crippen molar-refractivity contribution in [1.82, 2.24) is 0 Å². The van der Waals surface area contributed by atoms with Crippen molar-refractivity contribution in [2.45, 2.75) is 6.92 Å². The SMILES string of the molecule is CC(=O)Oc1ccc(Cl)cc1C(=O)C#Cc1cccs1. The van der Waals surface area contributed by atoms with Crippen LogP contribution < -0.4 is 4.74 Å². The van der Waals surface area contributed by atoms with E-state index in [0.717, 1.165) is 4.88 Å². The lowest BCUT2D eigenvalue weighted by Crippen LogP contribution is -2.06. The van der Waals surface area contributed by atoms with Gasteiger partial charge < -0.3 is 4.74 Å². The number of ketones is 1. The first-order valence-corrected chi connectivity index (χ1v) is 6.90. The van der Waals surface area contributed by atoms with Gasteiger partial charge in [0.2, 0.25) is 5.78 Å². The van der Waals surface area contributed by atoms with Crippen LogP contribution in [0.3, 0.4) is 0 Å². The molecule has 0 aliphatic carbocycles. The van der Waals surface area contributed by atoms with Crippen LogP contribution in [0.4, 0.5) is 0 Å². The molecule has 2 rings (SSSR count). The predicted molar refractivity (Wildman–Crippen MR) is 78.3 cm³/mol. The Kier molecular flexibility index (Phi) is 4.57. The molecule has 0 unspecified atom stereocenters. The first kappa shape index (κ1) is 14.3. The molecule has 100 valence electrons. The van der Waals surface area contributed by atoms with Gasteiger partial charge in [-0.3, -0.25) is 9.59 Å². The van der Waals surface area contributed by atoms with E-state index in [1.165, 1.54) is 30.4 Å². The van der Waals surface area contributed by atoms with Gasteiger partial charge in [-0.05, 0) is 41.5 Å². The zero-order chi connectivity index (χ0) is 14.5. The summed E-state index contributed by atoms with van der Waals surface area (Å²) < 4.78 is 4.97. The zero-order valence-corrected chi connectivity index (χ0v) is 12.0. The number of carbonyl (C=O) groups excluding carboxylic acids is 2. The van der Waals surface area contributed by atoms with Crippen LogP contribution in [-0.2, 0) is 4.79 Å². The third kappa shape index (κ3) is 3.70. The summed E-state index contributed by atoms with van der Waals surface area (Å²) in [6.45, 7) is 1.26. The Morgan fingerprint density at radius 3 is 2.75 bits per heavy atom. The Balaban J connectivity index is 2.33. The van der Waals surface area contributed by atoms with Gasteiger partial charge >= 0.3 is 5.97 Å². The number of carbonyl (C=O) groups is 2. The highest BCUT2D eigenvalue weighted by molar-refractivity contribution is 7.10. The molecule has 5 heteroatoms. The smallest absolute Gasteiger partial charge is 0.308 e. The number of esters is 1. The fourth-order valence-electron chi connectivity index (χ4n) is 1.46. The van der Waals surface area contributed by atoms with E-state index >= 15 is 0 Å². The van der Waals surface area contributed by atoms with Crippen molar-refractivity contribution in [1.29, 1.82) is 0 Å². The van der Waals surface area contributed by atoms with Crippen molar-refractivity contribution in [3.05, 3.63) is 51.2 Å². The highest BCUT2D eigenvalue weighted by atomic mass is 35.5. The molecule has 0 fully saturated rings. The van der Waals surface area contributed by atoms with Crippen molar-refractivity contribution in [3.8, 4) is 17.6 Å². The van der Waals surface area contributed by atoms with Crippen LogP contribution in [0.25, 0.3) is 0 Å². The van der Waals surface area contributed by atoms with Gasteiger partial charge in [-0.25, -0.2) is 0 Å². The summed E-state index contributed by atoms with van der Waals surface area (Å²) >= 11 is 7.30. The Hall–Kier alpha value is -2.09. The Bertz CT molecular complexity index is 708. The zero-order valence-electron chi connectivity index (χ0n) is 10.5. The summed E-state index contributed by atoms with van der Waals surface area (Å²) in [6, 6.07) is 8.12. The lowest BCUT2D eigenvalue weighted by Gasteiger charge is -2.05. The van der Waals surface area contributed by atoms with Crippen molar-refractivity contribution in [2.24, 2.45) is 0 Å². The van der Waals surface area contributed by atoms with Crippen molar-refractivity contribution < 1.29 is 14.3 Å². The number of ether oxygens (including phenoxy) is 1. The van der Waals surface area contributed by atoms with Crippen LogP contribution in [0.5, 0.6) is 5.75 Å². The monoisotopic (exact) mass is 304 g/mol. The second-order valence-corrected chi connectivity index (χ2v) is 5.17. The van der Waals surface area contributed by atoms with E-state index in [9.17, 15) is 9.59 Å². The molecule has 1 heterocycles. The van der Waals surface area contributed by atoms with E-state index in [0.29, 0.717) is 5.02 Å². The first-order valence-electron chi connectivity index (χ1n) is 5.64. The quantitative estimate of drug-likeness (QED) is 0.369.